The van der Waals surface area contributed by atoms with Crippen LogP contribution in [0.15, 0.2) is 4.52 Å². The summed E-state index contributed by atoms with van der Waals surface area (Å²) < 4.78 is 5.18. The van der Waals surface area contributed by atoms with E-state index in [-0.39, 0.29) is 5.78 Å². The van der Waals surface area contributed by atoms with Crippen LogP contribution in [0.25, 0.3) is 0 Å². The van der Waals surface area contributed by atoms with Crippen LogP contribution in [-0.4, -0.2) is 15.9 Å². The van der Waals surface area contributed by atoms with Crippen LogP contribution in [0.5, 0.6) is 0 Å². The van der Waals surface area contributed by atoms with Crippen molar-refractivity contribution < 1.29 is 9.32 Å². The van der Waals surface area contributed by atoms with Crippen molar-refractivity contribution >= 4 is 5.78 Å². The van der Waals surface area contributed by atoms with Crippen molar-refractivity contribution in [1.82, 2.24) is 10.1 Å². The Morgan fingerprint density at radius 2 is 2.06 bits per heavy atom. The van der Waals surface area contributed by atoms with Gasteiger partial charge in [0.15, 0.2) is 5.82 Å². The lowest BCUT2D eigenvalue weighted by Gasteiger charge is -2.23. The van der Waals surface area contributed by atoms with Crippen LogP contribution in [0.3, 0.4) is 0 Å². The number of Topliss-reactive ketones (excluding diaryl/α,β-unsaturated/α-hetero) is 1. The molecule has 0 aromatic carbocycles. The van der Waals surface area contributed by atoms with Crippen LogP contribution >= 0.6 is 0 Å². The summed E-state index contributed by atoms with van der Waals surface area (Å²) in [6, 6.07) is 0. The van der Waals surface area contributed by atoms with E-state index in [1.165, 1.54) is 12.8 Å². The van der Waals surface area contributed by atoms with Crippen molar-refractivity contribution in [1.29, 1.82) is 0 Å². The third kappa shape index (κ3) is 3.40. The Kier molecular flexibility index (Phi) is 4.50. The summed E-state index contributed by atoms with van der Waals surface area (Å²) in [6.45, 7) is 4.29. The molecule has 1 aromatic heterocycles. The Morgan fingerprint density at radius 1 is 1.33 bits per heavy atom. The van der Waals surface area contributed by atoms with Gasteiger partial charge in [-0.2, -0.15) is 4.98 Å². The number of hydrogen-bond acceptors (Lipinski definition) is 4. The molecule has 2 rings (SSSR count). The molecule has 1 saturated carbocycles. The molecule has 18 heavy (non-hydrogen) atoms. The number of carbonyl (C=O) groups is 1. The Balaban J connectivity index is 1.91. The number of aromatic nitrogens is 2. The summed E-state index contributed by atoms with van der Waals surface area (Å²) in [4.78, 5) is 15.9. The lowest BCUT2D eigenvalue weighted by atomic mass is 9.83. The first kappa shape index (κ1) is 13.2. The Hall–Kier alpha value is -1.19. The molecule has 1 fully saturated rings. The maximum absolute atomic E-state index is 11.5. The molecule has 0 atom stereocenters. The lowest BCUT2D eigenvalue weighted by molar-refractivity contribution is -0.118. The van der Waals surface area contributed by atoms with Gasteiger partial charge >= 0.3 is 0 Å². The van der Waals surface area contributed by atoms with Gasteiger partial charge in [-0.05, 0) is 25.2 Å². The third-order valence-corrected chi connectivity index (χ3v) is 3.74. The minimum atomic E-state index is 0.185. The Bertz CT molecular complexity index is 392. The van der Waals surface area contributed by atoms with Crippen LogP contribution in [0.1, 0.15) is 70.0 Å². The zero-order chi connectivity index (χ0) is 13.0. The molecule has 0 unspecified atom stereocenters. The molecule has 1 aromatic rings. The maximum atomic E-state index is 11.5. The number of carbonyl (C=O) groups excluding carboxylic acids is 1. The smallest absolute Gasteiger partial charge is 0.234 e. The predicted octanol–water partition coefficient (Wildman–Crippen LogP) is 3.28. The van der Waals surface area contributed by atoms with Gasteiger partial charge in [0, 0.05) is 12.3 Å². The number of hydrogen-bond donors (Lipinski definition) is 0. The fourth-order valence-electron chi connectivity index (χ4n) is 2.56. The minimum absolute atomic E-state index is 0.185. The first-order chi connectivity index (χ1) is 8.69. The molecule has 0 saturated heterocycles. The van der Waals surface area contributed by atoms with Crippen LogP contribution in [0.4, 0.5) is 0 Å². The van der Waals surface area contributed by atoms with Gasteiger partial charge in [-0.25, -0.2) is 0 Å². The predicted molar refractivity (Wildman–Crippen MR) is 68.3 cm³/mol. The average Bonchev–Trinajstić information content (AvgIpc) is 2.78. The van der Waals surface area contributed by atoms with Gasteiger partial charge in [-0.3, -0.25) is 4.79 Å². The first-order valence-electron chi connectivity index (χ1n) is 7.03. The van der Waals surface area contributed by atoms with Crippen LogP contribution < -0.4 is 0 Å². The highest BCUT2D eigenvalue weighted by atomic mass is 16.5. The fraction of sp³-hybridized carbons (Fsp3) is 0.786. The molecule has 0 N–H and O–H groups in total. The van der Waals surface area contributed by atoms with Gasteiger partial charge in [0.25, 0.3) is 0 Å². The largest absolute Gasteiger partial charge is 0.339 e. The van der Waals surface area contributed by atoms with E-state index in [4.69, 9.17) is 4.52 Å². The van der Waals surface area contributed by atoms with Gasteiger partial charge in [0.1, 0.15) is 5.78 Å². The van der Waals surface area contributed by atoms with E-state index in [1.807, 2.05) is 6.92 Å². The molecule has 0 bridgehead atoms. The van der Waals surface area contributed by atoms with Gasteiger partial charge in [-0.1, -0.05) is 31.8 Å². The highest BCUT2D eigenvalue weighted by Crippen LogP contribution is 2.34. The summed E-state index contributed by atoms with van der Waals surface area (Å²) in [5.41, 5.74) is 0. The van der Waals surface area contributed by atoms with Crippen LogP contribution in [0, 0.1) is 5.92 Å². The van der Waals surface area contributed by atoms with Crippen LogP contribution in [0.2, 0.25) is 0 Å². The minimum Gasteiger partial charge on any atom is -0.339 e. The molecule has 0 amide bonds. The average molecular weight is 250 g/mol. The van der Waals surface area contributed by atoms with E-state index in [0.29, 0.717) is 24.7 Å². The van der Waals surface area contributed by atoms with E-state index in [9.17, 15) is 4.79 Å². The second kappa shape index (κ2) is 6.12. The topological polar surface area (TPSA) is 56.0 Å². The second-order valence-corrected chi connectivity index (χ2v) is 5.47. The van der Waals surface area contributed by atoms with Crippen molar-refractivity contribution in [3.63, 3.8) is 0 Å². The van der Waals surface area contributed by atoms with Crippen molar-refractivity contribution in [3.8, 4) is 0 Å². The van der Waals surface area contributed by atoms with E-state index in [0.717, 1.165) is 31.0 Å². The zero-order valence-corrected chi connectivity index (χ0v) is 11.3. The van der Waals surface area contributed by atoms with E-state index < -0.39 is 0 Å². The second-order valence-electron chi connectivity index (χ2n) is 5.47. The van der Waals surface area contributed by atoms with Crippen molar-refractivity contribution in [3.05, 3.63) is 11.7 Å². The molecular formula is C14H22N2O2. The third-order valence-electron chi connectivity index (χ3n) is 3.74. The monoisotopic (exact) mass is 250 g/mol. The van der Waals surface area contributed by atoms with Crippen molar-refractivity contribution in [2.75, 3.05) is 0 Å². The molecular weight excluding hydrogens is 228 g/mol. The summed E-state index contributed by atoms with van der Waals surface area (Å²) >= 11 is 0. The Labute approximate surface area is 108 Å². The zero-order valence-electron chi connectivity index (χ0n) is 11.3. The quantitative estimate of drug-likeness (QED) is 0.804. The van der Waals surface area contributed by atoms with Crippen LogP contribution in [-0.2, 0) is 11.2 Å². The molecule has 4 nitrogen and oxygen atoms in total. The molecule has 1 aliphatic rings. The molecule has 4 heteroatoms. The molecule has 1 heterocycles. The fourth-order valence-corrected chi connectivity index (χ4v) is 2.56. The van der Waals surface area contributed by atoms with Crippen molar-refractivity contribution in [2.45, 2.75) is 64.7 Å². The van der Waals surface area contributed by atoms with Gasteiger partial charge < -0.3 is 4.52 Å². The van der Waals surface area contributed by atoms with Gasteiger partial charge in [0.05, 0.1) is 6.42 Å². The Morgan fingerprint density at radius 3 is 2.72 bits per heavy atom. The molecule has 0 aliphatic heterocycles. The molecule has 0 spiro atoms. The summed E-state index contributed by atoms with van der Waals surface area (Å²) in [5, 5.41) is 4.04. The highest BCUT2D eigenvalue weighted by Gasteiger charge is 2.24. The normalized spacial score (nSPS) is 24.1. The van der Waals surface area contributed by atoms with Crippen molar-refractivity contribution in [2.24, 2.45) is 5.92 Å². The standard InChI is InChI=1S/C14H22N2O2/c1-3-4-12(17)9-13-15-14(16-18-13)11-7-5-10(2)6-8-11/h10-11H,3-9H2,1-2H3. The highest BCUT2D eigenvalue weighted by molar-refractivity contribution is 5.79. The number of ketones is 1. The van der Waals surface area contributed by atoms with E-state index in [2.05, 4.69) is 17.1 Å². The molecule has 100 valence electrons. The lowest BCUT2D eigenvalue weighted by Crippen LogP contribution is -2.12. The summed E-state index contributed by atoms with van der Waals surface area (Å²) in [6.07, 6.45) is 6.53. The summed E-state index contributed by atoms with van der Waals surface area (Å²) in [7, 11) is 0. The SMILES string of the molecule is CCCC(=O)Cc1nc(C2CCC(C)CC2)no1. The maximum Gasteiger partial charge on any atom is 0.234 e. The van der Waals surface area contributed by atoms with Gasteiger partial charge in [-0.15, -0.1) is 0 Å². The summed E-state index contributed by atoms with van der Waals surface area (Å²) in [5.74, 6) is 2.73. The first-order valence-corrected chi connectivity index (χ1v) is 7.03. The van der Waals surface area contributed by atoms with E-state index >= 15 is 0 Å². The van der Waals surface area contributed by atoms with E-state index in [1.54, 1.807) is 0 Å². The molecule has 0 radical (unpaired) electrons. The number of nitrogens with zero attached hydrogens (tertiary/aromatic N) is 2. The number of rotatable bonds is 5. The van der Waals surface area contributed by atoms with Gasteiger partial charge in [0.2, 0.25) is 5.89 Å². The molecule has 1 aliphatic carbocycles.